The first-order valence-electron chi connectivity index (χ1n) is 9.50. The third kappa shape index (κ3) is 4.80. The highest BCUT2D eigenvalue weighted by atomic mass is 16.5. The molecule has 1 atom stereocenters. The van der Waals surface area contributed by atoms with Gasteiger partial charge in [0.2, 0.25) is 5.91 Å². The first-order chi connectivity index (χ1) is 12.2. The fourth-order valence-electron chi connectivity index (χ4n) is 3.95. The van der Waals surface area contributed by atoms with E-state index in [-0.39, 0.29) is 11.8 Å². The number of carbonyl (C=O) groups excluding carboxylic acids is 1. The van der Waals surface area contributed by atoms with E-state index in [0.717, 1.165) is 71.0 Å². The van der Waals surface area contributed by atoms with Crippen LogP contribution in [0, 0.1) is 5.92 Å². The maximum atomic E-state index is 12.0. The molecule has 0 saturated carbocycles. The molecule has 2 saturated heterocycles. The van der Waals surface area contributed by atoms with Crippen LogP contribution in [0.2, 0.25) is 0 Å². The number of amides is 1. The van der Waals surface area contributed by atoms with Crippen LogP contribution in [0.25, 0.3) is 0 Å². The lowest BCUT2D eigenvalue weighted by atomic mass is 10.0. The minimum absolute atomic E-state index is 0.125. The van der Waals surface area contributed by atoms with Crippen LogP contribution in [0.4, 0.5) is 0 Å². The summed E-state index contributed by atoms with van der Waals surface area (Å²) in [4.78, 5) is 21.3. The number of nitrogens with two attached hydrogens (primary N) is 1. The first kappa shape index (κ1) is 18.4. The van der Waals surface area contributed by atoms with Crippen LogP contribution in [0.1, 0.15) is 32.0 Å². The second-order valence-corrected chi connectivity index (χ2v) is 7.21. The molecule has 2 aliphatic rings. The Morgan fingerprint density at radius 1 is 1.32 bits per heavy atom. The maximum absolute atomic E-state index is 12.0. The molecule has 25 heavy (non-hydrogen) atoms. The number of ether oxygens (including phenoxy) is 1. The third-order valence-electron chi connectivity index (χ3n) is 5.38. The number of hydrogen-bond donors (Lipinski definition) is 1. The van der Waals surface area contributed by atoms with Crippen LogP contribution in [0.5, 0.6) is 0 Å². The molecule has 3 heterocycles. The molecule has 1 aromatic heterocycles. The number of aromatic nitrogens is 2. The molecule has 7 heteroatoms. The zero-order chi connectivity index (χ0) is 17.6. The number of hydrogen-bond acceptors (Lipinski definition) is 5. The van der Waals surface area contributed by atoms with Crippen molar-refractivity contribution >= 4 is 5.91 Å². The number of aryl methyl sites for hydroxylation is 1. The monoisotopic (exact) mass is 349 g/mol. The van der Waals surface area contributed by atoms with E-state index < -0.39 is 0 Å². The number of nitrogens with zero attached hydrogens (tertiary/aromatic N) is 4. The Hall–Kier alpha value is -1.44. The van der Waals surface area contributed by atoms with E-state index in [4.69, 9.17) is 10.5 Å². The molecule has 0 bridgehead atoms. The second-order valence-electron chi connectivity index (χ2n) is 7.21. The Balaban J connectivity index is 1.66. The van der Waals surface area contributed by atoms with Crippen LogP contribution < -0.4 is 5.73 Å². The van der Waals surface area contributed by atoms with E-state index in [1.54, 1.807) is 0 Å². The summed E-state index contributed by atoms with van der Waals surface area (Å²) in [5.74, 6) is 0.755. The minimum atomic E-state index is -0.194. The van der Waals surface area contributed by atoms with Gasteiger partial charge in [-0.3, -0.25) is 14.6 Å². The first-order valence-corrected chi connectivity index (χ1v) is 9.50. The Morgan fingerprint density at radius 3 is 2.84 bits per heavy atom. The summed E-state index contributed by atoms with van der Waals surface area (Å²) < 4.78 is 7.69. The molecular weight excluding hydrogens is 318 g/mol. The quantitative estimate of drug-likeness (QED) is 0.818. The van der Waals surface area contributed by atoms with Crippen molar-refractivity contribution in [3.63, 3.8) is 0 Å². The van der Waals surface area contributed by atoms with Gasteiger partial charge in [-0.15, -0.1) is 0 Å². The zero-order valence-corrected chi connectivity index (χ0v) is 15.3. The minimum Gasteiger partial charge on any atom is -0.381 e. The van der Waals surface area contributed by atoms with E-state index in [9.17, 15) is 4.79 Å². The molecule has 1 amide bonds. The van der Waals surface area contributed by atoms with E-state index in [2.05, 4.69) is 26.3 Å². The zero-order valence-electron chi connectivity index (χ0n) is 15.3. The van der Waals surface area contributed by atoms with Gasteiger partial charge in [0.25, 0.3) is 0 Å². The van der Waals surface area contributed by atoms with Crippen molar-refractivity contribution in [2.75, 3.05) is 39.4 Å². The summed E-state index contributed by atoms with van der Waals surface area (Å²) in [7, 11) is 0. The van der Waals surface area contributed by atoms with Gasteiger partial charge < -0.3 is 15.0 Å². The molecule has 0 aliphatic carbocycles. The van der Waals surface area contributed by atoms with E-state index in [0.29, 0.717) is 12.6 Å². The summed E-state index contributed by atoms with van der Waals surface area (Å²) >= 11 is 0. The van der Waals surface area contributed by atoms with E-state index in [1.807, 2.05) is 12.4 Å². The largest absolute Gasteiger partial charge is 0.381 e. The summed E-state index contributed by atoms with van der Waals surface area (Å²) in [5, 5.41) is 0. The Morgan fingerprint density at radius 2 is 2.12 bits per heavy atom. The Labute approximate surface area is 150 Å². The Bertz CT molecular complexity index is 555. The molecule has 140 valence electrons. The highest BCUT2D eigenvalue weighted by Gasteiger charge is 2.31. The highest BCUT2D eigenvalue weighted by Crippen LogP contribution is 2.20. The lowest BCUT2D eigenvalue weighted by Gasteiger charge is -2.34. The van der Waals surface area contributed by atoms with Crippen LogP contribution in [-0.4, -0.2) is 70.7 Å². The van der Waals surface area contributed by atoms with Crippen molar-refractivity contribution in [2.24, 2.45) is 11.7 Å². The van der Waals surface area contributed by atoms with Gasteiger partial charge in [-0.25, -0.2) is 4.98 Å². The van der Waals surface area contributed by atoms with Gasteiger partial charge >= 0.3 is 0 Å². The van der Waals surface area contributed by atoms with Gasteiger partial charge in [-0.1, -0.05) is 6.92 Å². The summed E-state index contributed by atoms with van der Waals surface area (Å²) in [5.41, 5.74) is 5.70. The normalized spacial score (nSPS) is 24.3. The van der Waals surface area contributed by atoms with Gasteiger partial charge in [-0.2, -0.15) is 0 Å². The van der Waals surface area contributed by atoms with Gasteiger partial charge in [0, 0.05) is 64.4 Å². The third-order valence-corrected chi connectivity index (χ3v) is 5.38. The standard InChI is InChI=1S/C18H31N5O2/c1-2-6-22-7-5-20-17(22)14-21-8-9-23(13-15(12-21)18(19)24)16-3-10-25-11-4-16/h5,7,15-16H,2-4,6,8-14H2,1H3,(H2,19,24). The Kier molecular flexibility index (Phi) is 6.45. The van der Waals surface area contributed by atoms with Crippen molar-refractivity contribution < 1.29 is 9.53 Å². The lowest BCUT2D eigenvalue weighted by Crippen LogP contribution is -2.44. The van der Waals surface area contributed by atoms with Gasteiger partial charge in [0.15, 0.2) is 0 Å². The van der Waals surface area contributed by atoms with Crippen LogP contribution in [-0.2, 0) is 22.6 Å². The predicted molar refractivity (Wildman–Crippen MR) is 95.9 cm³/mol. The summed E-state index contributed by atoms with van der Waals surface area (Å²) in [6.45, 7) is 8.97. The molecule has 2 N–H and O–H groups in total. The lowest BCUT2D eigenvalue weighted by molar-refractivity contribution is -0.122. The average molecular weight is 349 g/mol. The summed E-state index contributed by atoms with van der Waals surface area (Å²) in [6.07, 6.45) is 7.09. The molecule has 0 spiro atoms. The van der Waals surface area contributed by atoms with Crippen molar-refractivity contribution in [1.82, 2.24) is 19.4 Å². The SMILES string of the molecule is CCCn1ccnc1CN1CCN(C2CCOCC2)CC(C(N)=O)C1. The molecule has 7 nitrogen and oxygen atoms in total. The molecule has 3 rings (SSSR count). The van der Waals surface area contributed by atoms with Gasteiger partial charge in [0.05, 0.1) is 12.5 Å². The predicted octanol–water partition coefficient (Wildman–Crippen LogP) is 0.691. The number of imidazole rings is 1. The highest BCUT2D eigenvalue weighted by molar-refractivity contribution is 5.77. The molecule has 1 aromatic rings. The molecule has 2 fully saturated rings. The second kappa shape index (κ2) is 8.78. The molecule has 0 aromatic carbocycles. The van der Waals surface area contributed by atoms with Crippen molar-refractivity contribution in [2.45, 2.75) is 45.3 Å². The molecular formula is C18H31N5O2. The molecule has 0 radical (unpaired) electrons. The number of carbonyl (C=O) groups is 1. The van der Waals surface area contributed by atoms with Crippen molar-refractivity contribution in [1.29, 1.82) is 0 Å². The van der Waals surface area contributed by atoms with Crippen LogP contribution >= 0.6 is 0 Å². The van der Waals surface area contributed by atoms with Crippen molar-refractivity contribution in [3.8, 4) is 0 Å². The summed E-state index contributed by atoms with van der Waals surface area (Å²) in [6, 6.07) is 0.512. The van der Waals surface area contributed by atoms with Crippen molar-refractivity contribution in [3.05, 3.63) is 18.2 Å². The number of rotatable bonds is 6. The maximum Gasteiger partial charge on any atom is 0.223 e. The van der Waals surface area contributed by atoms with Crippen LogP contribution in [0.3, 0.4) is 0 Å². The topological polar surface area (TPSA) is 76.6 Å². The fraction of sp³-hybridized carbons (Fsp3) is 0.778. The average Bonchev–Trinajstić information content (AvgIpc) is 2.92. The van der Waals surface area contributed by atoms with E-state index in [1.165, 1.54) is 0 Å². The smallest absolute Gasteiger partial charge is 0.223 e. The molecule has 2 aliphatic heterocycles. The number of primary amides is 1. The van der Waals surface area contributed by atoms with E-state index >= 15 is 0 Å². The molecule has 1 unspecified atom stereocenters. The van der Waals surface area contributed by atoms with Crippen LogP contribution in [0.15, 0.2) is 12.4 Å². The van der Waals surface area contributed by atoms with Gasteiger partial charge in [-0.05, 0) is 19.3 Å². The fourth-order valence-corrected chi connectivity index (χ4v) is 3.95. The van der Waals surface area contributed by atoms with Gasteiger partial charge in [0.1, 0.15) is 5.82 Å².